The molecule has 0 aliphatic rings. The fourth-order valence-electron chi connectivity index (χ4n) is 2.59. The maximum atomic E-state index is 12.3. The number of anilines is 2. The number of benzene rings is 2. The van der Waals surface area contributed by atoms with Gasteiger partial charge in [0.05, 0.1) is 25.7 Å². The van der Waals surface area contributed by atoms with E-state index in [4.69, 9.17) is 9.47 Å². The van der Waals surface area contributed by atoms with Gasteiger partial charge in [0.15, 0.2) is 0 Å². The minimum Gasteiger partial charge on any atom is -0.497 e. The van der Waals surface area contributed by atoms with Crippen LogP contribution in [0.4, 0.5) is 11.4 Å². The second-order valence-corrected chi connectivity index (χ2v) is 8.77. The molecule has 156 valence electrons. The molecule has 29 heavy (non-hydrogen) atoms. The van der Waals surface area contributed by atoms with Crippen molar-refractivity contribution >= 4 is 35.0 Å². The summed E-state index contributed by atoms with van der Waals surface area (Å²) < 4.78 is 10.5. The van der Waals surface area contributed by atoms with Gasteiger partial charge in [0, 0.05) is 23.1 Å². The molecule has 2 amide bonds. The zero-order chi connectivity index (χ0) is 21.4. The molecular weight excluding hydrogens is 388 g/mol. The van der Waals surface area contributed by atoms with Gasteiger partial charge < -0.3 is 20.1 Å². The Kier molecular flexibility index (Phi) is 7.96. The number of carbonyl (C=O) groups is 2. The summed E-state index contributed by atoms with van der Waals surface area (Å²) in [5.41, 5.74) is 1.24. The highest BCUT2D eigenvalue weighted by atomic mass is 32.2. The van der Waals surface area contributed by atoms with Gasteiger partial charge in [-0.05, 0) is 35.7 Å². The van der Waals surface area contributed by atoms with E-state index in [0.717, 1.165) is 10.6 Å². The summed E-state index contributed by atoms with van der Waals surface area (Å²) in [6.45, 7) is 6.07. The second-order valence-electron chi connectivity index (χ2n) is 7.72. The van der Waals surface area contributed by atoms with E-state index in [1.165, 1.54) is 11.8 Å². The largest absolute Gasteiger partial charge is 0.497 e. The van der Waals surface area contributed by atoms with Gasteiger partial charge in [-0.3, -0.25) is 9.59 Å². The Bertz CT molecular complexity index is 862. The molecule has 0 aliphatic heterocycles. The van der Waals surface area contributed by atoms with Crippen LogP contribution in [-0.4, -0.2) is 31.8 Å². The Balaban J connectivity index is 1.93. The highest BCUT2D eigenvalue weighted by Gasteiger charge is 2.16. The van der Waals surface area contributed by atoms with Crippen LogP contribution in [-0.2, 0) is 9.59 Å². The normalized spacial score (nSPS) is 10.9. The lowest BCUT2D eigenvalue weighted by Gasteiger charge is -2.17. The Morgan fingerprint density at radius 2 is 1.72 bits per heavy atom. The van der Waals surface area contributed by atoms with Crippen molar-refractivity contribution in [1.82, 2.24) is 0 Å². The maximum absolute atomic E-state index is 12.3. The van der Waals surface area contributed by atoms with E-state index < -0.39 is 0 Å². The Morgan fingerprint density at radius 3 is 2.38 bits per heavy atom. The highest BCUT2D eigenvalue weighted by Crippen LogP contribution is 2.29. The van der Waals surface area contributed by atoms with Crippen LogP contribution in [0, 0.1) is 5.41 Å². The highest BCUT2D eigenvalue weighted by molar-refractivity contribution is 8.00. The summed E-state index contributed by atoms with van der Waals surface area (Å²) in [5.74, 6) is 1.24. The Morgan fingerprint density at radius 1 is 0.966 bits per heavy atom. The Labute approximate surface area is 176 Å². The molecule has 2 aromatic carbocycles. The SMILES string of the molecule is COc1ccc(NC(=O)CSc2cccc(NC(=O)CC(C)(C)C)c2)c(OC)c1. The molecule has 0 radical (unpaired) electrons. The fourth-order valence-corrected chi connectivity index (χ4v) is 3.34. The lowest BCUT2D eigenvalue weighted by molar-refractivity contribution is -0.118. The van der Waals surface area contributed by atoms with Crippen LogP contribution >= 0.6 is 11.8 Å². The van der Waals surface area contributed by atoms with E-state index in [2.05, 4.69) is 10.6 Å². The van der Waals surface area contributed by atoms with Gasteiger partial charge in [0.1, 0.15) is 11.5 Å². The smallest absolute Gasteiger partial charge is 0.234 e. The Hall–Kier alpha value is -2.67. The third kappa shape index (κ3) is 7.69. The third-order valence-corrected chi connectivity index (χ3v) is 4.86. The predicted molar refractivity (Wildman–Crippen MR) is 118 cm³/mol. The molecule has 0 spiro atoms. The summed E-state index contributed by atoms with van der Waals surface area (Å²) in [6, 6.07) is 12.7. The molecule has 2 N–H and O–H groups in total. The molecule has 0 heterocycles. The standard InChI is InChI=1S/C22H28N2O4S/c1-22(2,3)13-20(25)23-15-7-6-8-17(11-15)29-14-21(26)24-18-10-9-16(27-4)12-19(18)28-5/h6-12H,13-14H2,1-5H3,(H,23,25)(H,24,26). The zero-order valence-electron chi connectivity index (χ0n) is 17.5. The molecule has 0 aliphatic carbocycles. The van der Waals surface area contributed by atoms with Gasteiger partial charge in [-0.15, -0.1) is 11.8 Å². The number of carbonyl (C=O) groups excluding carboxylic acids is 2. The van der Waals surface area contributed by atoms with Crippen LogP contribution in [0.2, 0.25) is 0 Å². The number of ether oxygens (including phenoxy) is 2. The molecule has 2 aromatic rings. The quantitative estimate of drug-likeness (QED) is 0.604. The number of amides is 2. The lowest BCUT2D eigenvalue weighted by Crippen LogP contribution is -2.19. The van der Waals surface area contributed by atoms with Gasteiger partial charge in [-0.25, -0.2) is 0 Å². The maximum Gasteiger partial charge on any atom is 0.234 e. The van der Waals surface area contributed by atoms with Crippen LogP contribution < -0.4 is 20.1 Å². The molecule has 0 aromatic heterocycles. The van der Waals surface area contributed by atoms with Gasteiger partial charge in [-0.2, -0.15) is 0 Å². The van der Waals surface area contributed by atoms with Gasteiger partial charge in [0.25, 0.3) is 0 Å². The molecule has 0 bridgehead atoms. The van der Waals surface area contributed by atoms with E-state index >= 15 is 0 Å². The molecule has 6 nitrogen and oxygen atoms in total. The molecular formula is C22H28N2O4S. The number of hydrogen-bond acceptors (Lipinski definition) is 5. The monoisotopic (exact) mass is 416 g/mol. The second kappa shape index (κ2) is 10.2. The van der Waals surface area contributed by atoms with Crippen molar-refractivity contribution in [3.8, 4) is 11.5 Å². The number of hydrogen-bond donors (Lipinski definition) is 2. The van der Waals surface area contributed by atoms with Gasteiger partial charge in [0.2, 0.25) is 11.8 Å². The molecule has 2 rings (SSSR count). The van der Waals surface area contributed by atoms with Crippen molar-refractivity contribution in [1.29, 1.82) is 0 Å². The molecule has 0 saturated carbocycles. The molecule has 0 unspecified atom stereocenters. The topological polar surface area (TPSA) is 76.7 Å². The molecule has 0 atom stereocenters. The first-order valence-electron chi connectivity index (χ1n) is 9.25. The van der Waals surface area contributed by atoms with Crippen LogP contribution in [0.15, 0.2) is 47.4 Å². The number of methoxy groups -OCH3 is 2. The number of thioether (sulfide) groups is 1. The summed E-state index contributed by atoms with van der Waals surface area (Å²) in [6.07, 6.45) is 0.441. The van der Waals surface area contributed by atoms with Crippen molar-refractivity contribution in [3.63, 3.8) is 0 Å². The predicted octanol–water partition coefficient (Wildman–Crippen LogP) is 4.81. The lowest BCUT2D eigenvalue weighted by atomic mass is 9.92. The zero-order valence-corrected chi connectivity index (χ0v) is 18.3. The van der Waals surface area contributed by atoms with Crippen molar-refractivity contribution in [2.45, 2.75) is 32.1 Å². The van der Waals surface area contributed by atoms with Crippen LogP contribution in [0.3, 0.4) is 0 Å². The summed E-state index contributed by atoms with van der Waals surface area (Å²) in [7, 11) is 3.11. The fraction of sp³-hybridized carbons (Fsp3) is 0.364. The van der Waals surface area contributed by atoms with Crippen molar-refractivity contribution in [3.05, 3.63) is 42.5 Å². The third-order valence-electron chi connectivity index (χ3n) is 3.86. The van der Waals surface area contributed by atoms with Crippen molar-refractivity contribution in [2.75, 3.05) is 30.6 Å². The van der Waals surface area contributed by atoms with Crippen molar-refractivity contribution < 1.29 is 19.1 Å². The first kappa shape index (κ1) is 22.6. The minimum atomic E-state index is -0.152. The number of rotatable bonds is 8. The van der Waals surface area contributed by atoms with E-state index in [-0.39, 0.29) is 23.0 Å². The van der Waals surface area contributed by atoms with E-state index in [1.54, 1.807) is 32.4 Å². The van der Waals surface area contributed by atoms with Crippen LogP contribution in [0.25, 0.3) is 0 Å². The van der Waals surface area contributed by atoms with E-state index in [9.17, 15) is 9.59 Å². The summed E-state index contributed by atoms with van der Waals surface area (Å²) >= 11 is 1.39. The first-order valence-corrected chi connectivity index (χ1v) is 10.2. The van der Waals surface area contributed by atoms with Gasteiger partial charge in [-0.1, -0.05) is 26.8 Å². The summed E-state index contributed by atoms with van der Waals surface area (Å²) in [5, 5.41) is 5.76. The summed E-state index contributed by atoms with van der Waals surface area (Å²) in [4.78, 5) is 25.3. The average Bonchev–Trinajstić information content (AvgIpc) is 2.65. The molecule has 0 fully saturated rings. The van der Waals surface area contributed by atoms with E-state index in [1.807, 2.05) is 45.0 Å². The minimum absolute atomic E-state index is 0.0241. The average molecular weight is 417 g/mol. The van der Waals surface area contributed by atoms with Gasteiger partial charge >= 0.3 is 0 Å². The number of nitrogens with one attached hydrogen (secondary N) is 2. The molecule has 7 heteroatoms. The van der Waals surface area contributed by atoms with Crippen molar-refractivity contribution in [2.24, 2.45) is 5.41 Å². The van der Waals surface area contributed by atoms with Crippen LogP contribution in [0.5, 0.6) is 11.5 Å². The molecule has 0 saturated heterocycles. The van der Waals surface area contributed by atoms with Crippen LogP contribution in [0.1, 0.15) is 27.2 Å². The van der Waals surface area contributed by atoms with E-state index in [0.29, 0.717) is 23.6 Å². The first-order chi connectivity index (χ1) is 13.7.